The van der Waals surface area contributed by atoms with Crippen LogP contribution in [0.4, 0.5) is 24.7 Å². The van der Waals surface area contributed by atoms with Crippen molar-refractivity contribution in [2.24, 2.45) is 17.4 Å². The number of hydrogen-bond donors (Lipinski definition) is 3. The van der Waals surface area contributed by atoms with Gasteiger partial charge in [-0.1, -0.05) is 0 Å². The molecule has 1 aromatic carbocycles. The Labute approximate surface area is 159 Å². The molecule has 0 radical (unpaired) electrons. The second-order valence-electron chi connectivity index (χ2n) is 6.81. The maximum Gasteiger partial charge on any atom is 0.416 e. The quantitative estimate of drug-likeness (QED) is 0.738. The monoisotopic (exact) mass is 392 g/mol. The lowest BCUT2D eigenvalue weighted by Gasteiger charge is -2.30. The lowest BCUT2D eigenvalue weighted by molar-refractivity contribution is -0.137. The van der Waals surface area contributed by atoms with Gasteiger partial charge in [0.05, 0.1) is 23.6 Å². The molecule has 1 aliphatic carbocycles. The van der Waals surface area contributed by atoms with Gasteiger partial charge in [0.15, 0.2) is 5.82 Å². The molecule has 0 unspecified atom stereocenters. The third-order valence-corrected chi connectivity index (χ3v) is 4.83. The summed E-state index contributed by atoms with van der Waals surface area (Å²) < 4.78 is 39.6. The van der Waals surface area contributed by atoms with Crippen molar-refractivity contribution in [1.82, 2.24) is 9.78 Å². The number of hydrogen-bond acceptors (Lipinski definition) is 5. The topological polar surface area (TPSA) is 123 Å². The van der Waals surface area contributed by atoms with E-state index in [1.165, 1.54) is 23.0 Å². The van der Waals surface area contributed by atoms with Crippen LogP contribution in [0.3, 0.4) is 0 Å². The van der Waals surface area contributed by atoms with Crippen molar-refractivity contribution in [3.05, 3.63) is 41.6 Å². The fourth-order valence-corrected chi connectivity index (χ4v) is 3.36. The Bertz CT molecular complexity index is 900. The van der Waals surface area contributed by atoms with Gasteiger partial charge < -0.3 is 16.8 Å². The van der Waals surface area contributed by atoms with Gasteiger partial charge in [0.1, 0.15) is 5.56 Å². The number of anilines is 2. The number of benzene rings is 1. The molecule has 0 saturated heterocycles. The van der Waals surface area contributed by atoms with E-state index in [1.54, 1.807) is 0 Å². The number of amides is 1. The van der Waals surface area contributed by atoms with E-state index in [4.69, 9.17) is 11.5 Å². The Kier molecular flexibility index (Phi) is 5.29. The molecule has 28 heavy (non-hydrogen) atoms. The zero-order chi connectivity index (χ0) is 20.5. The zero-order valence-corrected chi connectivity index (χ0v) is 14.8. The predicted molar refractivity (Wildman–Crippen MR) is 95.4 cm³/mol. The van der Waals surface area contributed by atoms with Gasteiger partial charge in [0.2, 0.25) is 0 Å². The number of alkyl halides is 3. The SMILES string of the molecule is N#C[C@@H]1C[C@@H](N)CC[C@H]1n1cc(C(N)=O)c(Nc2ccc(C(F)(F)F)cc2)n1. The Morgan fingerprint density at radius 3 is 2.54 bits per heavy atom. The second-order valence-corrected chi connectivity index (χ2v) is 6.81. The van der Waals surface area contributed by atoms with E-state index in [0.29, 0.717) is 18.5 Å². The Morgan fingerprint density at radius 2 is 1.96 bits per heavy atom. The van der Waals surface area contributed by atoms with Gasteiger partial charge in [-0.15, -0.1) is 0 Å². The van der Waals surface area contributed by atoms with E-state index in [1.807, 2.05) is 0 Å². The van der Waals surface area contributed by atoms with Gasteiger partial charge in [0, 0.05) is 17.9 Å². The minimum absolute atomic E-state index is 0.0585. The van der Waals surface area contributed by atoms with E-state index >= 15 is 0 Å². The van der Waals surface area contributed by atoms with Crippen LogP contribution in [0, 0.1) is 17.2 Å². The summed E-state index contributed by atoms with van der Waals surface area (Å²) in [6.45, 7) is 0. The molecule has 1 heterocycles. The number of aromatic nitrogens is 2. The first kappa shape index (κ1) is 19.7. The maximum atomic E-state index is 12.7. The summed E-state index contributed by atoms with van der Waals surface area (Å²) in [5.41, 5.74) is 11.0. The molecule has 2 aromatic rings. The molecule has 0 aliphatic heterocycles. The zero-order valence-electron chi connectivity index (χ0n) is 14.8. The van der Waals surface area contributed by atoms with Crippen LogP contribution in [0.25, 0.3) is 0 Å². The molecule has 0 bridgehead atoms. The van der Waals surface area contributed by atoms with Crippen LogP contribution < -0.4 is 16.8 Å². The molecule has 1 saturated carbocycles. The minimum atomic E-state index is -4.44. The molecule has 1 amide bonds. The molecule has 1 aliphatic rings. The second kappa shape index (κ2) is 7.52. The highest BCUT2D eigenvalue weighted by atomic mass is 19.4. The molecule has 148 valence electrons. The number of nitriles is 1. The van der Waals surface area contributed by atoms with Crippen LogP contribution in [0.2, 0.25) is 0 Å². The fraction of sp³-hybridized carbons (Fsp3) is 0.389. The van der Waals surface area contributed by atoms with Crippen molar-refractivity contribution >= 4 is 17.4 Å². The summed E-state index contributed by atoms with van der Waals surface area (Å²) in [5.74, 6) is -0.969. The van der Waals surface area contributed by atoms with E-state index in [-0.39, 0.29) is 29.4 Å². The van der Waals surface area contributed by atoms with Crippen LogP contribution in [-0.2, 0) is 6.18 Å². The minimum Gasteiger partial charge on any atom is -0.365 e. The van der Waals surface area contributed by atoms with Crippen molar-refractivity contribution in [3.8, 4) is 6.07 Å². The highest BCUT2D eigenvalue weighted by molar-refractivity contribution is 5.98. The lowest BCUT2D eigenvalue weighted by atomic mass is 9.83. The number of carbonyl (C=O) groups is 1. The van der Waals surface area contributed by atoms with Crippen LogP contribution in [-0.4, -0.2) is 21.7 Å². The van der Waals surface area contributed by atoms with Crippen molar-refractivity contribution in [2.45, 2.75) is 37.5 Å². The molecule has 1 aromatic heterocycles. The predicted octanol–water partition coefficient (Wildman–Crippen LogP) is 2.94. The van der Waals surface area contributed by atoms with Crippen molar-refractivity contribution in [1.29, 1.82) is 5.26 Å². The van der Waals surface area contributed by atoms with E-state index < -0.39 is 17.6 Å². The van der Waals surface area contributed by atoms with Gasteiger partial charge in [-0.2, -0.15) is 23.5 Å². The first-order chi connectivity index (χ1) is 13.2. The molecule has 5 N–H and O–H groups in total. The fourth-order valence-electron chi connectivity index (χ4n) is 3.36. The van der Waals surface area contributed by atoms with Crippen molar-refractivity contribution in [2.75, 3.05) is 5.32 Å². The van der Waals surface area contributed by atoms with Gasteiger partial charge >= 0.3 is 6.18 Å². The average molecular weight is 392 g/mol. The third-order valence-electron chi connectivity index (χ3n) is 4.83. The molecular formula is C18H19F3N6O. The summed E-state index contributed by atoms with van der Waals surface area (Å²) in [6, 6.07) is 6.25. The van der Waals surface area contributed by atoms with Gasteiger partial charge in [-0.25, -0.2) is 0 Å². The molecule has 7 nitrogen and oxygen atoms in total. The van der Waals surface area contributed by atoms with Gasteiger partial charge in [-0.05, 0) is 43.5 Å². The van der Waals surface area contributed by atoms with Crippen molar-refractivity contribution in [3.63, 3.8) is 0 Å². The molecule has 1 fully saturated rings. The number of halogens is 3. The van der Waals surface area contributed by atoms with Crippen LogP contribution in [0.15, 0.2) is 30.5 Å². The number of nitrogens with one attached hydrogen (secondary N) is 1. The third kappa shape index (κ3) is 4.09. The number of primary amides is 1. The van der Waals surface area contributed by atoms with Crippen LogP contribution >= 0.6 is 0 Å². The highest BCUT2D eigenvalue weighted by Gasteiger charge is 2.32. The smallest absolute Gasteiger partial charge is 0.365 e. The van der Waals surface area contributed by atoms with Crippen molar-refractivity contribution < 1.29 is 18.0 Å². The number of carbonyl (C=O) groups excluding carboxylic acids is 1. The summed E-state index contributed by atoms with van der Waals surface area (Å²) >= 11 is 0. The lowest BCUT2D eigenvalue weighted by Crippen LogP contribution is -2.34. The van der Waals surface area contributed by atoms with Crippen LogP contribution in [0.1, 0.15) is 41.2 Å². The summed E-state index contributed by atoms with van der Waals surface area (Å²) in [5, 5.41) is 16.6. The number of rotatable bonds is 4. The molecular weight excluding hydrogens is 373 g/mol. The molecule has 0 spiro atoms. The number of nitrogens with zero attached hydrogens (tertiary/aromatic N) is 3. The maximum absolute atomic E-state index is 12.7. The highest BCUT2D eigenvalue weighted by Crippen LogP contribution is 2.34. The Balaban J connectivity index is 1.87. The van der Waals surface area contributed by atoms with Gasteiger partial charge in [0.25, 0.3) is 5.91 Å². The Hall–Kier alpha value is -3.06. The van der Waals surface area contributed by atoms with E-state index in [9.17, 15) is 23.2 Å². The Morgan fingerprint density at radius 1 is 1.29 bits per heavy atom. The standard InChI is InChI=1S/C18H19F3N6O/c19-18(20,21)11-1-4-13(5-2-11)25-17-14(16(24)28)9-27(26-17)15-6-3-12(23)7-10(15)8-22/h1-2,4-5,9-10,12,15H,3,6-7,23H2,(H2,24,28)(H,25,26)/t10-,12-,15+/m0/s1. The van der Waals surface area contributed by atoms with Crippen LogP contribution in [0.5, 0.6) is 0 Å². The summed E-state index contributed by atoms with van der Waals surface area (Å²) in [6.07, 6.45) is -1.11. The molecule has 3 atom stereocenters. The molecule has 3 rings (SSSR count). The van der Waals surface area contributed by atoms with E-state index in [2.05, 4.69) is 16.5 Å². The normalized spacial score (nSPS) is 22.5. The number of nitrogens with two attached hydrogens (primary N) is 2. The summed E-state index contributed by atoms with van der Waals surface area (Å²) in [7, 11) is 0. The van der Waals surface area contributed by atoms with Gasteiger partial charge in [-0.3, -0.25) is 9.48 Å². The molecule has 10 heteroatoms. The summed E-state index contributed by atoms with van der Waals surface area (Å²) in [4.78, 5) is 11.8. The average Bonchev–Trinajstić information content (AvgIpc) is 3.05. The first-order valence-corrected chi connectivity index (χ1v) is 8.67. The largest absolute Gasteiger partial charge is 0.416 e. The van der Waals surface area contributed by atoms with E-state index in [0.717, 1.165) is 18.6 Å². The first-order valence-electron chi connectivity index (χ1n) is 8.67.